The second kappa shape index (κ2) is 8.91. The molecule has 28 heavy (non-hydrogen) atoms. The number of nitrogens with zero attached hydrogens (tertiary/aromatic N) is 3. The van der Waals surface area contributed by atoms with Crippen LogP contribution in [0, 0.1) is 5.82 Å². The summed E-state index contributed by atoms with van der Waals surface area (Å²) in [4.78, 5) is 22.6. The van der Waals surface area contributed by atoms with Gasteiger partial charge in [0.25, 0.3) is 0 Å². The molecule has 1 aliphatic rings. The number of amides is 1. The molecule has 1 N–H and O–H groups in total. The second-order valence-electron chi connectivity index (χ2n) is 6.68. The van der Waals surface area contributed by atoms with E-state index in [-0.39, 0.29) is 18.1 Å². The summed E-state index contributed by atoms with van der Waals surface area (Å²) in [7, 11) is 0. The van der Waals surface area contributed by atoms with E-state index in [0.717, 1.165) is 43.4 Å². The number of carbonyl (C=O) groups excluding carboxylic acids is 1. The van der Waals surface area contributed by atoms with Gasteiger partial charge < -0.3 is 5.32 Å². The molecule has 0 atom stereocenters. The predicted molar refractivity (Wildman–Crippen MR) is 112 cm³/mol. The van der Waals surface area contributed by atoms with Crippen LogP contribution in [0.1, 0.15) is 5.01 Å². The van der Waals surface area contributed by atoms with Crippen molar-refractivity contribution in [1.29, 1.82) is 0 Å². The van der Waals surface area contributed by atoms with Crippen LogP contribution >= 0.6 is 22.7 Å². The number of halogens is 1. The van der Waals surface area contributed by atoms with Gasteiger partial charge in [0.2, 0.25) is 5.91 Å². The van der Waals surface area contributed by atoms with Gasteiger partial charge in [-0.15, -0.1) is 22.7 Å². The van der Waals surface area contributed by atoms with E-state index in [4.69, 9.17) is 4.98 Å². The molecule has 0 aliphatic carbocycles. The van der Waals surface area contributed by atoms with Crippen molar-refractivity contribution in [3.8, 4) is 10.6 Å². The lowest BCUT2D eigenvalue weighted by Gasteiger charge is -2.33. The fourth-order valence-electron chi connectivity index (χ4n) is 3.17. The summed E-state index contributed by atoms with van der Waals surface area (Å²) in [5.41, 5.74) is 1.29. The molecule has 0 radical (unpaired) electrons. The van der Waals surface area contributed by atoms with Gasteiger partial charge in [-0.1, -0.05) is 18.2 Å². The minimum absolute atomic E-state index is 0.181. The van der Waals surface area contributed by atoms with Gasteiger partial charge in [-0.05, 0) is 23.6 Å². The highest BCUT2D eigenvalue weighted by molar-refractivity contribution is 7.14. The molecule has 0 saturated carbocycles. The summed E-state index contributed by atoms with van der Waals surface area (Å²) < 4.78 is 13.6. The molecule has 3 heterocycles. The molecule has 5 nitrogen and oxygen atoms in total. The normalized spacial score (nSPS) is 15.6. The SMILES string of the molecule is O=C(CN1CCN(Cc2nc(-c3cccs3)cs2)CC1)Nc1ccccc1F. The molecule has 3 aromatic rings. The molecule has 146 valence electrons. The van der Waals surface area contributed by atoms with E-state index in [1.54, 1.807) is 40.9 Å². The number of nitrogens with one attached hydrogen (secondary N) is 1. The summed E-state index contributed by atoms with van der Waals surface area (Å²) >= 11 is 3.40. The first-order valence-electron chi connectivity index (χ1n) is 9.15. The molecule has 2 aromatic heterocycles. The molecule has 1 fully saturated rings. The van der Waals surface area contributed by atoms with Crippen molar-refractivity contribution in [3.05, 3.63) is 58.0 Å². The maximum atomic E-state index is 13.6. The lowest BCUT2D eigenvalue weighted by Crippen LogP contribution is -2.48. The van der Waals surface area contributed by atoms with Crippen molar-refractivity contribution in [2.24, 2.45) is 0 Å². The summed E-state index contributed by atoms with van der Waals surface area (Å²) in [6.45, 7) is 4.52. The number of thiazole rings is 1. The van der Waals surface area contributed by atoms with E-state index < -0.39 is 5.82 Å². The maximum absolute atomic E-state index is 13.6. The largest absolute Gasteiger partial charge is 0.322 e. The predicted octanol–water partition coefficient (Wildman–Crippen LogP) is 3.77. The summed E-state index contributed by atoms with van der Waals surface area (Å²) in [5.74, 6) is -0.593. The molecular formula is C20H21FN4OS2. The Balaban J connectivity index is 1.23. The standard InChI is InChI=1S/C20H21FN4OS2/c21-15-4-1-2-5-16(15)22-19(26)12-24-7-9-25(10-8-24)13-20-23-17(14-28-20)18-6-3-11-27-18/h1-6,11,14H,7-10,12-13H2,(H,22,26). The van der Waals surface area contributed by atoms with Crippen molar-refractivity contribution >= 4 is 34.3 Å². The van der Waals surface area contributed by atoms with Crippen LogP contribution in [-0.2, 0) is 11.3 Å². The van der Waals surface area contributed by atoms with Crippen molar-refractivity contribution in [1.82, 2.24) is 14.8 Å². The summed E-state index contributed by atoms with van der Waals surface area (Å²) in [6.07, 6.45) is 0. The highest BCUT2D eigenvalue weighted by Crippen LogP contribution is 2.26. The van der Waals surface area contributed by atoms with Crippen molar-refractivity contribution in [2.45, 2.75) is 6.54 Å². The average Bonchev–Trinajstić information content (AvgIpc) is 3.37. The van der Waals surface area contributed by atoms with Crippen LogP contribution in [0.2, 0.25) is 0 Å². The van der Waals surface area contributed by atoms with E-state index in [1.165, 1.54) is 10.9 Å². The van der Waals surface area contributed by atoms with Gasteiger partial charge in [0.05, 0.1) is 29.3 Å². The first kappa shape index (κ1) is 19.2. The van der Waals surface area contributed by atoms with Gasteiger partial charge in [0.15, 0.2) is 0 Å². The Morgan fingerprint density at radius 1 is 1.07 bits per heavy atom. The maximum Gasteiger partial charge on any atom is 0.238 e. The molecule has 8 heteroatoms. The molecule has 1 aliphatic heterocycles. The van der Waals surface area contributed by atoms with Crippen LogP contribution in [-0.4, -0.2) is 53.4 Å². The van der Waals surface area contributed by atoms with Crippen molar-refractivity contribution in [2.75, 3.05) is 38.0 Å². The zero-order valence-electron chi connectivity index (χ0n) is 15.3. The number of hydrogen-bond acceptors (Lipinski definition) is 6. The molecule has 0 spiro atoms. The number of carbonyl (C=O) groups is 1. The Bertz CT molecular complexity index is 920. The fraction of sp³-hybridized carbons (Fsp3) is 0.300. The van der Waals surface area contributed by atoms with Crippen molar-refractivity contribution in [3.63, 3.8) is 0 Å². The molecule has 1 amide bonds. The number of rotatable bonds is 6. The number of anilines is 1. The number of aromatic nitrogens is 1. The van der Waals surface area contributed by atoms with Crippen LogP contribution in [0.3, 0.4) is 0 Å². The van der Waals surface area contributed by atoms with Gasteiger partial charge in [0.1, 0.15) is 10.8 Å². The quantitative estimate of drug-likeness (QED) is 0.665. The van der Waals surface area contributed by atoms with Crippen LogP contribution < -0.4 is 5.32 Å². The highest BCUT2D eigenvalue weighted by Gasteiger charge is 2.20. The smallest absolute Gasteiger partial charge is 0.238 e. The van der Waals surface area contributed by atoms with Gasteiger partial charge >= 0.3 is 0 Å². The van der Waals surface area contributed by atoms with E-state index in [9.17, 15) is 9.18 Å². The van der Waals surface area contributed by atoms with E-state index >= 15 is 0 Å². The molecular weight excluding hydrogens is 395 g/mol. The third kappa shape index (κ3) is 4.82. The molecule has 0 unspecified atom stereocenters. The fourth-order valence-corrected chi connectivity index (χ4v) is 4.77. The first-order valence-corrected chi connectivity index (χ1v) is 10.9. The molecule has 0 bridgehead atoms. The third-order valence-corrected chi connectivity index (χ3v) is 6.39. The van der Waals surface area contributed by atoms with Crippen molar-refractivity contribution < 1.29 is 9.18 Å². The number of para-hydroxylation sites is 1. The number of hydrogen-bond donors (Lipinski definition) is 1. The van der Waals surface area contributed by atoms with Gasteiger partial charge in [0, 0.05) is 31.6 Å². The minimum Gasteiger partial charge on any atom is -0.322 e. The van der Waals surface area contributed by atoms with Crippen LogP contribution in [0.5, 0.6) is 0 Å². The lowest BCUT2D eigenvalue weighted by atomic mass is 10.3. The van der Waals surface area contributed by atoms with Crippen LogP contribution in [0.4, 0.5) is 10.1 Å². The molecule has 1 aromatic carbocycles. The first-order chi connectivity index (χ1) is 13.7. The monoisotopic (exact) mass is 416 g/mol. The summed E-state index contributed by atoms with van der Waals surface area (Å²) in [5, 5.41) is 7.95. The second-order valence-corrected chi connectivity index (χ2v) is 8.57. The Morgan fingerprint density at radius 3 is 2.61 bits per heavy atom. The summed E-state index contributed by atoms with van der Waals surface area (Å²) in [6, 6.07) is 10.4. The highest BCUT2D eigenvalue weighted by atomic mass is 32.1. The lowest BCUT2D eigenvalue weighted by molar-refractivity contribution is -0.117. The topological polar surface area (TPSA) is 48.5 Å². The zero-order chi connectivity index (χ0) is 19.3. The number of thiophene rings is 1. The third-order valence-electron chi connectivity index (χ3n) is 4.66. The minimum atomic E-state index is -0.411. The number of piperazine rings is 1. The van der Waals surface area contributed by atoms with E-state index in [1.807, 2.05) is 6.07 Å². The van der Waals surface area contributed by atoms with Gasteiger partial charge in [-0.2, -0.15) is 0 Å². The van der Waals surface area contributed by atoms with Gasteiger partial charge in [-0.3, -0.25) is 14.6 Å². The molecule has 1 saturated heterocycles. The number of benzene rings is 1. The Kier molecular flexibility index (Phi) is 6.11. The Morgan fingerprint density at radius 2 is 1.86 bits per heavy atom. The molecule has 4 rings (SSSR count). The van der Waals surface area contributed by atoms with E-state index in [2.05, 4.69) is 31.9 Å². The van der Waals surface area contributed by atoms with Crippen LogP contribution in [0.15, 0.2) is 47.2 Å². The average molecular weight is 417 g/mol. The van der Waals surface area contributed by atoms with Gasteiger partial charge in [-0.25, -0.2) is 9.37 Å². The zero-order valence-corrected chi connectivity index (χ0v) is 16.9. The van der Waals surface area contributed by atoms with Crippen LogP contribution in [0.25, 0.3) is 10.6 Å². The van der Waals surface area contributed by atoms with E-state index in [0.29, 0.717) is 0 Å². The Labute approximate surface area is 171 Å². The Hall–Kier alpha value is -2.13.